The largest absolute Gasteiger partial charge is 0.324 e. The lowest BCUT2D eigenvalue weighted by atomic mass is 10.1. The lowest BCUT2D eigenvalue weighted by Crippen LogP contribution is -2.07. The van der Waals surface area contributed by atoms with E-state index >= 15 is 0 Å². The van der Waals surface area contributed by atoms with E-state index in [0.717, 1.165) is 22.4 Å². The zero-order valence-electron chi connectivity index (χ0n) is 20.6. The van der Waals surface area contributed by atoms with Crippen molar-refractivity contribution in [2.45, 2.75) is 20.8 Å². The molecule has 186 valence electrons. The van der Waals surface area contributed by atoms with Crippen LogP contribution >= 0.6 is 0 Å². The molecule has 0 aliphatic heterocycles. The number of rotatable bonds is 9. The maximum Gasteiger partial charge on any atom is 0.269 e. The number of benzene rings is 3. The average molecular weight is 495 g/mol. The first-order valence-corrected chi connectivity index (χ1v) is 11.5. The zero-order chi connectivity index (χ0) is 26.2. The van der Waals surface area contributed by atoms with E-state index in [1.807, 2.05) is 75.4 Å². The molecule has 0 saturated carbocycles. The number of nitro benzene ring substituents is 1. The summed E-state index contributed by atoms with van der Waals surface area (Å²) in [6.45, 7) is 6.02. The van der Waals surface area contributed by atoms with Gasteiger partial charge in [0.05, 0.1) is 11.1 Å². The quantitative estimate of drug-likeness (QED) is 0.139. The second-order valence-corrected chi connectivity index (χ2v) is 8.33. The highest BCUT2D eigenvalue weighted by atomic mass is 16.6. The van der Waals surface area contributed by atoms with E-state index in [1.165, 1.54) is 17.7 Å². The Balaban J connectivity index is 1.57. The van der Waals surface area contributed by atoms with Crippen molar-refractivity contribution in [1.82, 2.24) is 15.0 Å². The number of hydrogen-bond donors (Lipinski definition) is 3. The van der Waals surface area contributed by atoms with Crippen LogP contribution in [0, 0.1) is 24.0 Å². The molecule has 0 atom stereocenters. The van der Waals surface area contributed by atoms with Crippen molar-refractivity contribution in [3.8, 4) is 0 Å². The summed E-state index contributed by atoms with van der Waals surface area (Å²) in [7, 11) is 0. The van der Waals surface area contributed by atoms with Crippen LogP contribution in [0.25, 0.3) is 6.08 Å². The normalized spacial score (nSPS) is 11.4. The number of nitro groups is 1. The summed E-state index contributed by atoms with van der Waals surface area (Å²) in [6.07, 6.45) is 3.68. The molecule has 0 saturated heterocycles. The van der Waals surface area contributed by atoms with E-state index < -0.39 is 4.92 Å². The molecular weight excluding hydrogens is 468 g/mol. The number of aryl methyl sites for hydroxylation is 2. The van der Waals surface area contributed by atoms with Crippen LogP contribution in [0.1, 0.15) is 23.6 Å². The van der Waals surface area contributed by atoms with Gasteiger partial charge in [0, 0.05) is 23.5 Å². The third-order valence-electron chi connectivity index (χ3n) is 5.36. The van der Waals surface area contributed by atoms with Gasteiger partial charge in [0.1, 0.15) is 0 Å². The van der Waals surface area contributed by atoms with Crippen LogP contribution in [0.4, 0.5) is 34.9 Å². The number of hydrogen-bond acceptors (Lipinski definition) is 9. The van der Waals surface area contributed by atoms with Crippen LogP contribution in [-0.4, -0.2) is 26.1 Å². The summed E-state index contributed by atoms with van der Waals surface area (Å²) in [4.78, 5) is 23.8. The van der Waals surface area contributed by atoms with Crippen LogP contribution in [0.3, 0.4) is 0 Å². The molecule has 4 rings (SSSR count). The highest BCUT2D eigenvalue weighted by Crippen LogP contribution is 2.22. The van der Waals surface area contributed by atoms with Gasteiger partial charge in [-0.15, -0.1) is 0 Å². The summed E-state index contributed by atoms with van der Waals surface area (Å²) < 4.78 is 0. The van der Waals surface area contributed by atoms with Crippen molar-refractivity contribution in [3.05, 3.63) is 105 Å². The van der Waals surface area contributed by atoms with Gasteiger partial charge in [0.2, 0.25) is 17.8 Å². The molecule has 3 N–H and O–H groups in total. The van der Waals surface area contributed by atoms with Crippen molar-refractivity contribution in [3.63, 3.8) is 0 Å². The maximum absolute atomic E-state index is 10.9. The molecule has 0 unspecified atom stereocenters. The van der Waals surface area contributed by atoms with Gasteiger partial charge in [0.15, 0.2) is 0 Å². The number of aromatic nitrogens is 3. The summed E-state index contributed by atoms with van der Waals surface area (Å²) in [5, 5.41) is 21.5. The second-order valence-electron chi connectivity index (χ2n) is 8.33. The fraction of sp³-hybridized carbons (Fsp3) is 0.111. The Hall–Kier alpha value is -5.12. The topological polar surface area (TPSA) is 130 Å². The Labute approximate surface area is 214 Å². The van der Waals surface area contributed by atoms with Gasteiger partial charge in [0.25, 0.3) is 5.69 Å². The van der Waals surface area contributed by atoms with Crippen LogP contribution in [0.2, 0.25) is 0 Å². The number of allylic oxidation sites excluding steroid dienone is 1. The molecular formula is C27H26N8O2. The highest BCUT2D eigenvalue weighted by Gasteiger charge is 2.10. The molecule has 0 bridgehead atoms. The number of anilines is 5. The van der Waals surface area contributed by atoms with Crippen LogP contribution < -0.4 is 16.1 Å². The number of nitrogens with zero attached hydrogens (tertiary/aromatic N) is 5. The monoisotopic (exact) mass is 494 g/mol. The molecule has 1 heterocycles. The van der Waals surface area contributed by atoms with E-state index in [4.69, 9.17) is 0 Å². The first-order chi connectivity index (χ1) is 17.9. The molecule has 1 aromatic heterocycles. The van der Waals surface area contributed by atoms with Crippen molar-refractivity contribution in [2.24, 2.45) is 5.10 Å². The predicted octanol–water partition coefficient (Wildman–Crippen LogP) is 6.39. The molecule has 0 aliphatic carbocycles. The molecule has 3 aromatic carbocycles. The SMILES string of the molecule is CC(/C=N/Nc1nc(Nc2ccc([N+](=O)[O-])cc2)nc(Nc2ccc(C)c(C)c2)n1)=C\c1ccccc1. The van der Waals surface area contributed by atoms with Gasteiger partial charge in [-0.05, 0) is 67.3 Å². The molecule has 10 nitrogen and oxygen atoms in total. The Morgan fingerprint density at radius 2 is 1.46 bits per heavy atom. The minimum Gasteiger partial charge on any atom is -0.324 e. The zero-order valence-corrected chi connectivity index (χ0v) is 20.6. The predicted molar refractivity (Wildman–Crippen MR) is 148 cm³/mol. The molecule has 10 heteroatoms. The molecule has 4 aromatic rings. The van der Waals surface area contributed by atoms with Crippen molar-refractivity contribution in [2.75, 3.05) is 16.1 Å². The van der Waals surface area contributed by atoms with Gasteiger partial charge in [-0.2, -0.15) is 20.1 Å². The molecule has 0 radical (unpaired) electrons. The number of hydrazone groups is 1. The van der Waals surface area contributed by atoms with Crippen LogP contribution in [-0.2, 0) is 0 Å². The third-order valence-corrected chi connectivity index (χ3v) is 5.36. The molecule has 0 aliphatic rings. The summed E-state index contributed by atoms with van der Waals surface area (Å²) in [5.74, 6) is 0.760. The van der Waals surface area contributed by atoms with Crippen LogP contribution in [0.5, 0.6) is 0 Å². The van der Waals surface area contributed by atoms with E-state index in [1.54, 1.807) is 18.3 Å². The van der Waals surface area contributed by atoms with Gasteiger partial charge >= 0.3 is 0 Å². The molecule has 0 spiro atoms. The fourth-order valence-electron chi connectivity index (χ4n) is 3.32. The maximum atomic E-state index is 10.9. The third kappa shape index (κ3) is 7.18. The Kier molecular flexibility index (Phi) is 7.79. The molecule has 0 fully saturated rings. The highest BCUT2D eigenvalue weighted by molar-refractivity contribution is 5.85. The van der Waals surface area contributed by atoms with Gasteiger partial charge in [-0.1, -0.05) is 42.5 Å². The van der Waals surface area contributed by atoms with Gasteiger partial charge in [-0.3, -0.25) is 10.1 Å². The van der Waals surface area contributed by atoms with Crippen LogP contribution in [0.15, 0.2) is 83.5 Å². The first-order valence-electron chi connectivity index (χ1n) is 11.5. The molecule has 37 heavy (non-hydrogen) atoms. The Bertz CT molecular complexity index is 1450. The Morgan fingerprint density at radius 1 is 0.838 bits per heavy atom. The van der Waals surface area contributed by atoms with E-state index in [2.05, 4.69) is 36.1 Å². The minimum atomic E-state index is -0.452. The summed E-state index contributed by atoms with van der Waals surface area (Å²) in [5.41, 5.74) is 8.58. The average Bonchev–Trinajstić information content (AvgIpc) is 2.87. The van der Waals surface area contributed by atoms with E-state index in [9.17, 15) is 10.1 Å². The van der Waals surface area contributed by atoms with Gasteiger partial charge < -0.3 is 10.6 Å². The molecule has 0 amide bonds. The lowest BCUT2D eigenvalue weighted by Gasteiger charge is -2.11. The standard InChI is InChI=1S/C27H26N8O2/c1-18(15-21-7-5-4-6-8-21)17-28-34-27-32-25(29-22-11-13-24(14-12-22)35(36)37)31-26(33-27)30-23-10-9-19(2)20(3)16-23/h4-17H,1-3H3,(H3,29,30,31,32,33,34)/b18-15+,28-17+. The Morgan fingerprint density at radius 3 is 2.11 bits per heavy atom. The lowest BCUT2D eigenvalue weighted by molar-refractivity contribution is -0.384. The van der Waals surface area contributed by atoms with E-state index in [0.29, 0.717) is 11.6 Å². The minimum absolute atomic E-state index is 0.00564. The van der Waals surface area contributed by atoms with Crippen molar-refractivity contribution >= 4 is 47.2 Å². The first kappa shape index (κ1) is 25.0. The smallest absolute Gasteiger partial charge is 0.269 e. The summed E-state index contributed by atoms with van der Waals surface area (Å²) in [6, 6.07) is 21.9. The fourth-order valence-corrected chi connectivity index (χ4v) is 3.32. The number of non-ortho nitro benzene ring substituents is 1. The van der Waals surface area contributed by atoms with Crippen molar-refractivity contribution < 1.29 is 4.92 Å². The van der Waals surface area contributed by atoms with E-state index in [-0.39, 0.29) is 17.6 Å². The van der Waals surface area contributed by atoms with Gasteiger partial charge in [-0.25, -0.2) is 5.43 Å². The number of nitrogens with one attached hydrogen (secondary N) is 3. The van der Waals surface area contributed by atoms with Crippen molar-refractivity contribution in [1.29, 1.82) is 0 Å². The second kappa shape index (κ2) is 11.5. The summed E-state index contributed by atoms with van der Waals surface area (Å²) >= 11 is 0.